The van der Waals surface area contributed by atoms with E-state index in [0.29, 0.717) is 25.6 Å². The van der Waals surface area contributed by atoms with Gasteiger partial charge in [-0.05, 0) is 12.8 Å². The molecule has 0 atom stereocenters. The topological polar surface area (TPSA) is 38.3 Å². The number of ether oxygens (including phenoxy) is 1. The van der Waals surface area contributed by atoms with Gasteiger partial charge in [-0.15, -0.1) is 11.6 Å². The summed E-state index contributed by atoms with van der Waals surface area (Å²) in [7, 11) is 0. The number of hydrogen-bond acceptors (Lipinski definition) is 2. The first-order valence-corrected chi connectivity index (χ1v) is 4.79. The molecular weight excluding hydrogens is 178 g/mol. The van der Waals surface area contributed by atoms with Crippen molar-refractivity contribution < 1.29 is 9.53 Å². The second-order valence-corrected chi connectivity index (χ2v) is 3.24. The lowest BCUT2D eigenvalue weighted by atomic mass is 10.4. The lowest BCUT2D eigenvalue weighted by Gasteiger charge is -2.03. The Labute approximate surface area is 77.4 Å². The average Bonchev–Trinajstić information content (AvgIpc) is 2.86. The number of amides is 1. The van der Waals surface area contributed by atoms with Crippen LogP contribution >= 0.6 is 11.6 Å². The van der Waals surface area contributed by atoms with Crippen LogP contribution in [-0.2, 0) is 9.53 Å². The molecular formula is C8H14ClNO2. The van der Waals surface area contributed by atoms with E-state index in [1.807, 2.05) is 0 Å². The van der Waals surface area contributed by atoms with Gasteiger partial charge < -0.3 is 10.1 Å². The summed E-state index contributed by atoms with van der Waals surface area (Å²) in [5.74, 6) is 0.971. The minimum Gasteiger partial charge on any atom is -0.378 e. The lowest BCUT2D eigenvalue weighted by Crippen LogP contribution is -2.28. The molecule has 0 radical (unpaired) electrons. The Kier molecular flexibility index (Phi) is 4.40. The molecule has 1 aliphatic carbocycles. The van der Waals surface area contributed by atoms with Crippen molar-refractivity contribution in [3.8, 4) is 0 Å². The molecule has 0 unspecified atom stereocenters. The minimum atomic E-state index is 0.171. The molecule has 1 N–H and O–H groups in total. The van der Waals surface area contributed by atoms with Gasteiger partial charge in [0.15, 0.2) is 0 Å². The smallest absolute Gasteiger partial charge is 0.223 e. The number of halogens is 1. The highest BCUT2D eigenvalue weighted by Gasteiger charge is 2.28. The summed E-state index contributed by atoms with van der Waals surface area (Å²) in [6.07, 6.45) is 2.10. The summed E-state index contributed by atoms with van der Waals surface area (Å²) < 4.78 is 5.09. The van der Waals surface area contributed by atoms with Gasteiger partial charge in [0.1, 0.15) is 0 Å². The molecule has 0 aromatic carbocycles. The van der Waals surface area contributed by atoms with Crippen LogP contribution in [-0.4, -0.2) is 31.5 Å². The SMILES string of the molecule is O=C(NCCOCCCl)C1CC1. The van der Waals surface area contributed by atoms with Crippen LogP contribution in [0.1, 0.15) is 12.8 Å². The molecule has 0 aromatic rings. The predicted octanol–water partition coefficient (Wildman–Crippen LogP) is 0.768. The Morgan fingerprint density at radius 3 is 2.83 bits per heavy atom. The molecule has 0 bridgehead atoms. The molecule has 3 nitrogen and oxygen atoms in total. The fourth-order valence-electron chi connectivity index (χ4n) is 0.893. The van der Waals surface area contributed by atoms with Crippen molar-refractivity contribution in [2.75, 3.05) is 25.6 Å². The van der Waals surface area contributed by atoms with Gasteiger partial charge in [0, 0.05) is 18.3 Å². The van der Waals surface area contributed by atoms with Crippen LogP contribution in [0.4, 0.5) is 0 Å². The van der Waals surface area contributed by atoms with Crippen LogP contribution in [0.2, 0.25) is 0 Å². The Morgan fingerprint density at radius 2 is 2.25 bits per heavy atom. The van der Waals surface area contributed by atoms with Crippen LogP contribution in [0.15, 0.2) is 0 Å². The first-order chi connectivity index (χ1) is 5.84. The summed E-state index contributed by atoms with van der Waals surface area (Å²) >= 11 is 5.39. The summed E-state index contributed by atoms with van der Waals surface area (Å²) in [5.41, 5.74) is 0. The van der Waals surface area contributed by atoms with E-state index in [0.717, 1.165) is 12.8 Å². The van der Waals surface area contributed by atoms with E-state index in [1.54, 1.807) is 0 Å². The van der Waals surface area contributed by atoms with Gasteiger partial charge in [-0.3, -0.25) is 4.79 Å². The monoisotopic (exact) mass is 191 g/mol. The van der Waals surface area contributed by atoms with Crippen molar-refractivity contribution in [3.05, 3.63) is 0 Å². The fraction of sp³-hybridized carbons (Fsp3) is 0.875. The minimum absolute atomic E-state index is 0.171. The molecule has 1 saturated carbocycles. The van der Waals surface area contributed by atoms with Crippen LogP contribution < -0.4 is 5.32 Å². The first-order valence-electron chi connectivity index (χ1n) is 4.26. The highest BCUT2D eigenvalue weighted by molar-refractivity contribution is 6.17. The molecule has 1 aliphatic rings. The van der Waals surface area contributed by atoms with Crippen molar-refractivity contribution in [3.63, 3.8) is 0 Å². The predicted molar refractivity (Wildman–Crippen MR) is 47.3 cm³/mol. The van der Waals surface area contributed by atoms with E-state index >= 15 is 0 Å². The molecule has 0 saturated heterocycles. The van der Waals surface area contributed by atoms with Crippen LogP contribution in [0, 0.1) is 5.92 Å². The maximum absolute atomic E-state index is 11.0. The standard InChI is InChI=1S/C8H14ClNO2/c9-3-5-12-6-4-10-8(11)7-1-2-7/h7H,1-6H2,(H,10,11). The van der Waals surface area contributed by atoms with Gasteiger partial charge in [0.25, 0.3) is 0 Å². The third-order valence-corrected chi connectivity index (χ3v) is 1.87. The number of nitrogens with one attached hydrogen (secondary N) is 1. The van der Waals surface area contributed by atoms with Gasteiger partial charge >= 0.3 is 0 Å². The zero-order chi connectivity index (χ0) is 8.81. The van der Waals surface area contributed by atoms with E-state index in [1.165, 1.54) is 0 Å². The molecule has 1 amide bonds. The van der Waals surface area contributed by atoms with Crippen molar-refractivity contribution in [2.24, 2.45) is 5.92 Å². The molecule has 4 heteroatoms. The summed E-state index contributed by atoms with van der Waals surface area (Å²) in [6, 6.07) is 0. The Morgan fingerprint density at radius 1 is 1.50 bits per heavy atom. The molecule has 0 heterocycles. The maximum atomic E-state index is 11.0. The van der Waals surface area contributed by atoms with E-state index in [-0.39, 0.29) is 11.8 Å². The van der Waals surface area contributed by atoms with Gasteiger partial charge in [-0.25, -0.2) is 0 Å². The van der Waals surface area contributed by atoms with Crippen molar-refractivity contribution in [2.45, 2.75) is 12.8 Å². The second kappa shape index (κ2) is 5.38. The van der Waals surface area contributed by atoms with Gasteiger partial charge in [-0.2, -0.15) is 0 Å². The molecule has 0 spiro atoms. The Balaban J connectivity index is 1.84. The largest absolute Gasteiger partial charge is 0.378 e. The van der Waals surface area contributed by atoms with Crippen LogP contribution in [0.25, 0.3) is 0 Å². The highest BCUT2D eigenvalue weighted by atomic mass is 35.5. The Bertz CT molecular complexity index is 148. The third-order valence-electron chi connectivity index (χ3n) is 1.72. The van der Waals surface area contributed by atoms with Gasteiger partial charge in [-0.1, -0.05) is 0 Å². The zero-order valence-electron chi connectivity index (χ0n) is 7.01. The number of rotatable bonds is 6. The summed E-state index contributed by atoms with van der Waals surface area (Å²) in [4.78, 5) is 11.0. The third kappa shape index (κ3) is 3.93. The quantitative estimate of drug-likeness (QED) is 0.498. The molecule has 0 aromatic heterocycles. The van der Waals surface area contributed by atoms with Crippen molar-refractivity contribution in [1.29, 1.82) is 0 Å². The molecule has 0 aliphatic heterocycles. The average molecular weight is 192 g/mol. The van der Waals surface area contributed by atoms with Gasteiger partial charge in [0.2, 0.25) is 5.91 Å². The molecule has 70 valence electrons. The van der Waals surface area contributed by atoms with Crippen molar-refractivity contribution in [1.82, 2.24) is 5.32 Å². The Hall–Kier alpha value is -0.280. The summed E-state index contributed by atoms with van der Waals surface area (Å²) in [6.45, 7) is 1.72. The van der Waals surface area contributed by atoms with E-state index < -0.39 is 0 Å². The van der Waals surface area contributed by atoms with Crippen LogP contribution in [0.3, 0.4) is 0 Å². The van der Waals surface area contributed by atoms with E-state index in [4.69, 9.17) is 16.3 Å². The number of carbonyl (C=O) groups excluding carboxylic acids is 1. The number of alkyl halides is 1. The second-order valence-electron chi connectivity index (χ2n) is 2.87. The lowest BCUT2D eigenvalue weighted by molar-refractivity contribution is -0.122. The van der Waals surface area contributed by atoms with E-state index in [2.05, 4.69) is 5.32 Å². The first kappa shape index (κ1) is 9.81. The van der Waals surface area contributed by atoms with Crippen molar-refractivity contribution >= 4 is 17.5 Å². The molecule has 12 heavy (non-hydrogen) atoms. The normalized spacial score (nSPS) is 16.1. The van der Waals surface area contributed by atoms with Gasteiger partial charge in [0.05, 0.1) is 13.2 Å². The maximum Gasteiger partial charge on any atom is 0.223 e. The van der Waals surface area contributed by atoms with Crippen LogP contribution in [0.5, 0.6) is 0 Å². The fourth-order valence-corrected chi connectivity index (χ4v) is 1.00. The number of carbonyl (C=O) groups is 1. The van der Waals surface area contributed by atoms with E-state index in [9.17, 15) is 4.79 Å². The zero-order valence-corrected chi connectivity index (χ0v) is 7.77. The number of hydrogen-bond donors (Lipinski definition) is 1. The highest BCUT2D eigenvalue weighted by Crippen LogP contribution is 2.28. The summed E-state index contributed by atoms with van der Waals surface area (Å²) in [5, 5.41) is 2.80. The molecule has 1 fully saturated rings. The molecule has 1 rings (SSSR count).